The van der Waals surface area contributed by atoms with Crippen LogP contribution in [0.15, 0.2) is 4.66 Å². The summed E-state index contributed by atoms with van der Waals surface area (Å²) in [4.78, 5) is 0. The topological polar surface area (TPSA) is 12.4 Å². The highest BCUT2D eigenvalue weighted by Crippen LogP contribution is 1.98. The monoisotopic (exact) mass is 115 g/mol. The van der Waals surface area contributed by atoms with Crippen molar-refractivity contribution in [3.8, 4) is 0 Å². The second-order valence-corrected chi connectivity index (χ2v) is 7.16. The van der Waals surface area contributed by atoms with Crippen LogP contribution in [0.4, 0.5) is 0 Å². The maximum atomic E-state index is 4.27. The van der Waals surface area contributed by atoms with Crippen LogP contribution in [0.2, 0.25) is 19.6 Å². The van der Waals surface area contributed by atoms with Crippen LogP contribution >= 0.6 is 0 Å². The molecule has 0 aliphatic heterocycles. The number of hydrogen-bond donors (Lipinski definition) is 0. The van der Waals surface area contributed by atoms with Gasteiger partial charge in [-0.2, -0.15) is 0 Å². The normalized spacial score (nSPS) is 13.1. The molecule has 42 valence electrons. The van der Waals surface area contributed by atoms with Crippen molar-refractivity contribution < 1.29 is 0 Å². The van der Waals surface area contributed by atoms with Gasteiger partial charge in [-0.25, -0.2) is 0 Å². The second-order valence-electron chi connectivity index (χ2n) is 2.56. The highest BCUT2D eigenvalue weighted by Gasteiger charge is 2.07. The Bertz CT molecular complexity index is 70.6. The zero-order chi connectivity index (χ0) is 5.91. The van der Waals surface area contributed by atoms with Crippen LogP contribution in [-0.4, -0.2) is 14.5 Å². The lowest BCUT2D eigenvalue weighted by molar-refractivity contribution is 1.57. The standard InChI is InChI=1S/C5H13NSi/c1-5-6-7(2,3)4/h5H,1-4H3/b6-5-. The van der Waals surface area contributed by atoms with Crippen molar-refractivity contribution in [2.75, 3.05) is 0 Å². The van der Waals surface area contributed by atoms with E-state index >= 15 is 0 Å². The van der Waals surface area contributed by atoms with E-state index in [2.05, 4.69) is 24.3 Å². The van der Waals surface area contributed by atoms with E-state index in [1.165, 1.54) is 0 Å². The van der Waals surface area contributed by atoms with Crippen LogP contribution in [-0.2, 0) is 0 Å². The van der Waals surface area contributed by atoms with E-state index in [4.69, 9.17) is 0 Å². The summed E-state index contributed by atoms with van der Waals surface area (Å²) in [6.07, 6.45) is 1.90. The van der Waals surface area contributed by atoms with Crippen LogP contribution in [0.1, 0.15) is 6.92 Å². The lowest BCUT2D eigenvalue weighted by atomic mass is 10.9. The van der Waals surface area contributed by atoms with E-state index in [0.29, 0.717) is 0 Å². The maximum Gasteiger partial charge on any atom is 0.171 e. The molecule has 0 aliphatic carbocycles. The van der Waals surface area contributed by atoms with Crippen LogP contribution in [0.25, 0.3) is 0 Å². The van der Waals surface area contributed by atoms with Crippen molar-refractivity contribution in [2.45, 2.75) is 26.6 Å². The van der Waals surface area contributed by atoms with Gasteiger partial charge in [-0.05, 0) is 32.8 Å². The minimum Gasteiger partial charge on any atom is -0.334 e. The van der Waals surface area contributed by atoms with Gasteiger partial charge in [-0.1, -0.05) is 0 Å². The Kier molecular flexibility index (Phi) is 2.22. The largest absolute Gasteiger partial charge is 0.334 e. The van der Waals surface area contributed by atoms with Crippen LogP contribution in [0.3, 0.4) is 0 Å². The second kappa shape index (κ2) is 2.26. The first-order valence-electron chi connectivity index (χ1n) is 2.56. The molecule has 1 nitrogen and oxygen atoms in total. The first-order chi connectivity index (χ1) is 3.06. The molecule has 0 spiro atoms. The lowest BCUT2D eigenvalue weighted by Gasteiger charge is -2.05. The molecular weight excluding hydrogens is 102 g/mol. The smallest absolute Gasteiger partial charge is 0.171 e. The van der Waals surface area contributed by atoms with Crippen LogP contribution in [0, 0.1) is 0 Å². The molecule has 0 heterocycles. The van der Waals surface area contributed by atoms with Gasteiger partial charge >= 0.3 is 0 Å². The summed E-state index contributed by atoms with van der Waals surface area (Å²) in [6, 6.07) is 0. The Labute approximate surface area is 46.6 Å². The fraction of sp³-hybridized carbons (Fsp3) is 0.800. The van der Waals surface area contributed by atoms with Crippen molar-refractivity contribution in [1.29, 1.82) is 0 Å². The average molecular weight is 115 g/mol. The molecule has 7 heavy (non-hydrogen) atoms. The first-order valence-corrected chi connectivity index (χ1v) is 6.01. The number of rotatable bonds is 1. The molecular formula is C5H13NSi. The van der Waals surface area contributed by atoms with E-state index in [0.717, 1.165) is 0 Å². The average Bonchev–Trinajstić information content (AvgIpc) is 1.30. The van der Waals surface area contributed by atoms with Crippen molar-refractivity contribution in [3.63, 3.8) is 0 Å². The minimum atomic E-state index is -1.09. The predicted octanol–water partition coefficient (Wildman–Crippen LogP) is 1.91. The summed E-state index contributed by atoms with van der Waals surface area (Å²) in [6.45, 7) is 8.62. The van der Waals surface area contributed by atoms with Crippen LogP contribution in [0.5, 0.6) is 0 Å². The molecule has 2 heteroatoms. The predicted molar refractivity (Wildman–Crippen MR) is 37.5 cm³/mol. The van der Waals surface area contributed by atoms with Crippen molar-refractivity contribution in [3.05, 3.63) is 0 Å². The van der Waals surface area contributed by atoms with Crippen molar-refractivity contribution in [2.24, 2.45) is 4.66 Å². The van der Waals surface area contributed by atoms with E-state index in [-0.39, 0.29) is 0 Å². The fourth-order valence-electron chi connectivity index (χ4n) is 0.387. The first kappa shape index (κ1) is 6.89. The third kappa shape index (κ3) is 5.89. The van der Waals surface area contributed by atoms with Crippen LogP contribution < -0.4 is 0 Å². The van der Waals surface area contributed by atoms with Gasteiger partial charge < -0.3 is 4.66 Å². The Morgan fingerprint density at radius 2 is 1.71 bits per heavy atom. The summed E-state index contributed by atoms with van der Waals surface area (Å²) in [5.41, 5.74) is 0. The Morgan fingerprint density at radius 1 is 1.29 bits per heavy atom. The summed E-state index contributed by atoms with van der Waals surface area (Å²) in [5, 5.41) is 0. The highest BCUT2D eigenvalue weighted by molar-refractivity contribution is 6.75. The molecule has 0 fully saturated rings. The molecule has 0 aliphatic rings. The third-order valence-corrected chi connectivity index (χ3v) is 1.55. The fourth-order valence-corrected chi connectivity index (χ4v) is 1.16. The van der Waals surface area contributed by atoms with E-state index in [1.54, 1.807) is 0 Å². The molecule has 0 amide bonds. The highest BCUT2D eigenvalue weighted by atomic mass is 28.3. The minimum absolute atomic E-state index is 1.09. The van der Waals surface area contributed by atoms with Crippen molar-refractivity contribution >= 4 is 14.5 Å². The van der Waals surface area contributed by atoms with Gasteiger partial charge in [0.05, 0.1) is 0 Å². The Morgan fingerprint density at radius 3 is 1.71 bits per heavy atom. The van der Waals surface area contributed by atoms with Gasteiger partial charge in [0.15, 0.2) is 8.24 Å². The van der Waals surface area contributed by atoms with E-state index in [9.17, 15) is 0 Å². The Hall–Kier alpha value is -0.113. The summed E-state index contributed by atoms with van der Waals surface area (Å²) >= 11 is 0. The molecule has 0 aromatic heterocycles. The quantitative estimate of drug-likeness (QED) is 0.365. The molecule has 0 N–H and O–H groups in total. The summed E-state index contributed by atoms with van der Waals surface area (Å²) in [7, 11) is -1.09. The maximum absolute atomic E-state index is 4.27. The van der Waals surface area contributed by atoms with Gasteiger partial charge in [0.1, 0.15) is 0 Å². The van der Waals surface area contributed by atoms with Gasteiger partial charge in [0.25, 0.3) is 0 Å². The summed E-state index contributed by atoms with van der Waals surface area (Å²) in [5.74, 6) is 0. The molecule has 0 aromatic rings. The number of hydrogen-bond acceptors (Lipinski definition) is 1. The molecule has 0 saturated carbocycles. The summed E-state index contributed by atoms with van der Waals surface area (Å²) < 4.78 is 4.27. The van der Waals surface area contributed by atoms with Gasteiger partial charge in [0, 0.05) is 0 Å². The molecule has 0 bridgehead atoms. The molecule has 0 saturated heterocycles. The SMILES string of the molecule is C/C=N\[Si](C)(C)C. The van der Waals surface area contributed by atoms with E-state index < -0.39 is 8.24 Å². The zero-order valence-corrected chi connectivity index (χ0v) is 6.52. The molecule has 0 atom stereocenters. The van der Waals surface area contributed by atoms with E-state index in [1.807, 2.05) is 13.1 Å². The third-order valence-electron chi connectivity index (χ3n) is 0.516. The van der Waals surface area contributed by atoms with Gasteiger partial charge in [0.2, 0.25) is 0 Å². The van der Waals surface area contributed by atoms with Crippen molar-refractivity contribution in [1.82, 2.24) is 0 Å². The molecule has 0 radical (unpaired) electrons. The zero-order valence-electron chi connectivity index (χ0n) is 5.52. The molecule has 0 unspecified atom stereocenters. The molecule has 0 rings (SSSR count). The van der Waals surface area contributed by atoms with Gasteiger partial charge in [-0.3, -0.25) is 0 Å². The Balaban J connectivity index is 3.56. The lowest BCUT2D eigenvalue weighted by Crippen LogP contribution is -2.15. The number of nitrogens with zero attached hydrogens (tertiary/aromatic N) is 1. The molecule has 0 aromatic carbocycles. The van der Waals surface area contributed by atoms with Gasteiger partial charge in [-0.15, -0.1) is 0 Å².